The molecule has 24 heavy (non-hydrogen) atoms. The van der Waals surface area contributed by atoms with Crippen molar-refractivity contribution in [3.05, 3.63) is 35.7 Å². The third-order valence-electron chi connectivity index (χ3n) is 5.26. The zero-order valence-corrected chi connectivity index (χ0v) is 14.0. The summed E-state index contributed by atoms with van der Waals surface area (Å²) in [4.78, 5) is 6.91. The zero-order chi connectivity index (χ0) is 16.4. The summed E-state index contributed by atoms with van der Waals surface area (Å²) in [6.45, 7) is 2.63. The maximum absolute atomic E-state index is 9.61. The summed E-state index contributed by atoms with van der Waals surface area (Å²) in [6, 6.07) is 8.38. The first-order valence-corrected chi connectivity index (χ1v) is 9.11. The van der Waals surface area contributed by atoms with Crippen molar-refractivity contribution in [3.63, 3.8) is 0 Å². The Morgan fingerprint density at radius 3 is 2.58 bits per heavy atom. The standard InChI is InChI=1S/C19H25N3O2/c23-17-10-11-22(13-17)12-14-6-8-15(9-7-14)18-20-19(24-21-18)16-4-2-1-3-5-16/h6-9,16-17,23H,1-5,10-13H2/t17-/m0/s1. The Hall–Kier alpha value is -1.72. The summed E-state index contributed by atoms with van der Waals surface area (Å²) in [5.74, 6) is 1.94. The quantitative estimate of drug-likeness (QED) is 0.933. The summed E-state index contributed by atoms with van der Waals surface area (Å²) in [5, 5.41) is 13.8. The minimum absolute atomic E-state index is 0.165. The summed E-state index contributed by atoms with van der Waals surface area (Å²) in [6.07, 6.45) is 6.91. The van der Waals surface area contributed by atoms with E-state index in [0.29, 0.717) is 11.7 Å². The van der Waals surface area contributed by atoms with Crippen molar-refractivity contribution in [1.82, 2.24) is 15.0 Å². The van der Waals surface area contributed by atoms with Crippen molar-refractivity contribution in [2.75, 3.05) is 13.1 Å². The number of aliphatic hydroxyl groups is 1. The Morgan fingerprint density at radius 2 is 1.88 bits per heavy atom. The second-order valence-corrected chi connectivity index (χ2v) is 7.17. The van der Waals surface area contributed by atoms with E-state index in [-0.39, 0.29) is 6.10 Å². The molecular formula is C19H25N3O2. The Balaban J connectivity index is 1.42. The molecule has 1 aromatic heterocycles. The Morgan fingerprint density at radius 1 is 1.08 bits per heavy atom. The molecule has 0 amide bonds. The van der Waals surface area contributed by atoms with Crippen LogP contribution in [0.25, 0.3) is 11.4 Å². The third-order valence-corrected chi connectivity index (χ3v) is 5.26. The van der Waals surface area contributed by atoms with Crippen LogP contribution < -0.4 is 0 Å². The number of benzene rings is 1. The van der Waals surface area contributed by atoms with Gasteiger partial charge in [0, 0.05) is 31.1 Å². The summed E-state index contributed by atoms with van der Waals surface area (Å²) < 4.78 is 5.51. The van der Waals surface area contributed by atoms with Crippen molar-refractivity contribution in [2.24, 2.45) is 0 Å². The Bertz CT molecular complexity index is 662. The lowest BCUT2D eigenvalue weighted by molar-refractivity contribution is 0.175. The molecule has 2 aliphatic rings. The van der Waals surface area contributed by atoms with E-state index in [1.54, 1.807) is 0 Å². The van der Waals surface area contributed by atoms with Gasteiger partial charge in [0.25, 0.3) is 0 Å². The fraction of sp³-hybridized carbons (Fsp3) is 0.579. The van der Waals surface area contributed by atoms with Crippen LogP contribution in [0, 0.1) is 0 Å². The van der Waals surface area contributed by atoms with Crippen LogP contribution in [-0.4, -0.2) is 39.3 Å². The predicted molar refractivity (Wildman–Crippen MR) is 91.5 cm³/mol. The zero-order valence-electron chi connectivity index (χ0n) is 14.0. The van der Waals surface area contributed by atoms with Gasteiger partial charge in [0.2, 0.25) is 11.7 Å². The molecule has 1 aromatic carbocycles. The minimum Gasteiger partial charge on any atom is -0.392 e. The molecule has 2 aromatic rings. The predicted octanol–water partition coefficient (Wildman–Crippen LogP) is 3.35. The lowest BCUT2D eigenvalue weighted by Gasteiger charge is -2.17. The highest BCUT2D eigenvalue weighted by Crippen LogP contribution is 2.32. The van der Waals surface area contributed by atoms with Crippen LogP contribution in [-0.2, 0) is 6.54 Å². The average Bonchev–Trinajstić information content (AvgIpc) is 3.26. The molecule has 0 spiro atoms. The molecule has 5 nitrogen and oxygen atoms in total. The molecule has 0 radical (unpaired) electrons. The Kier molecular flexibility index (Phi) is 4.63. The van der Waals surface area contributed by atoms with Crippen molar-refractivity contribution >= 4 is 0 Å². The topological polar surface area (TPSA) is 62.4 Å². The van der Waals surface area contributed by atoms with Gasteiger partial charge in [0.05, 0.1) is 6.10 Å². The molecule has 1 N–H and O–H groups in total. The number of hydrogen-bond donors (Lipinski definition) is 1. The molecule has 128 valence electrons. The molecule has 5 heteroatoms. The molecule has 0 bridgehead atoms. The van der Waals surface area contributed by atoms with Gasteiger partial charge in [-0.1, -0.05) is 48.7 Å². The van der Waals surface area contributed by atoms with Gasteiger partial charge < -0.3 is 9.63 Å². The van der Waals surface area contributed by atoms with Crippen LogP contribution >= 0.6 is 0 Å². The van der Waals surface area contributed by atoms with Gasteiger partial charge in [-0.3, -0.25) is 4.90 Å². The largest absolute Gasteiger partial charge is 0.392 e. The van der Waals surface area contributed by atoms with E-state index in [1.807, 2.05) is 0 Å². The lowest BCUT2D eigenvalue weighted by Crippen LogP contribution is -2.21. The van der Waals surface area contributed by atoms with Crippen molar-refractivity contribution in [3.8, 4) is 11.4 Å². The van der Waals surface area contributed by atoms with E-state index in [1.165, 1.54) is 37.7 Å². The number of nitrogens with zero attached hydrogens (tertiary/aromatic N) is 3. The molecule has 1 aliphatic heterocycles. The monoisotopic (exact) mass is 327 g/mol. The van der Waals surface area contributed by atoms with Gasteiger partial charge in [-0.2, -0.15) is 4.98 Å². The molecule has 2 heterocycles. The van der Waals surface area contributed by atoms with Gasteiger partial charge in [-0.15, -0.1) is 0 Å². The first-order chi connectivity index (χ1) is 11.8. The van der Waals surface area contributed by atoms with Crippen LogP contribution in [0.3, 0.4) is 0 Å². The molecule has 2 fully saturated rings. The fourth-order valence-electron chi connectivity index (χ4n) is 3.84. The number of rotatable bonds is 4. The van der Waals surface area contributed by atoms with Crippen LogP contribution in [0.5, 0.6) is 0 Å². The highest BCUT2D eigenvalue weighted by atomic mass is 16.5. The highest BCUT2D eigenvalue weighted by Gasteiger charge is 2.22. The van der Waals surface area contributed by atoms with Crippen molar-refractivity contribution in [1.29, 1.82) is 0 Å². The molecule has 0 unspecified atom stereocenters. The first kappa shape index (κ1) is 15.8. The van der Waals surface area contributed by atoms with E-state index in [2.05, 4.69) is 39.3 Å². The second kappa shape index (κ2) is 7.03. The molecule has 1 aliphatic carbocycles. The normalized spacial score (nSPS) is 23.0. The van der Waals surface area contributed by atoms with Gasteiger partial charge in [-0.25, -0.2) is 0 Å². The maximum atomic E-state index is 9.61. The van der Waals surface area contributed by atoms with E-state index in [4.69, 9.17) is 4.52 Å². The number of β-amino-alcohol motifs (C(OH)–C–C–N with tert-alkyl or cyclic N) is 1. The van der Waals surface area contributed by atoms with E-state index in [9.17, 15) is 5.11 Å². The third kappa shape index (κ3) is 3.52. The smallest absolute Gasteiger partial charge is 0.230 e. The summed E-state index contributed by atoms with van der Waals surface area (Å²) in [5.41, 5.74) is 2.26. The van der Waals surface area contributed by atoms with E-state index < -0.39 is 0 Å². The molecule has 1 saturated carbocycles. The van der Waals surface area contributed by atoms with Crippen LogP contribution in [0.1, 0.15) is 55.9 Å². The molecule has 4 rings (SSSR count). The van der Waals surface area contributed by atoms with Crippen LogP contribution in [0.15, 0.2) is 28.8 Å². The maximum Gasteiger partial charge on any atom is 0.230 e. The van der Waals surface area contributed by atoms with Crippen LogP contribution in [0.2, 0.25) is 0 Å². The van der Waals surface area contributed by atoms with Gasteiger partial charge >= 0.3 is 0 Å². The lowest BCUT2D eigenvalue weighted by atomic mass is 9.89. The van der Waals surface area contributed by atoms with E-state index >= 15 is 0 Å². The van der Waals surface area contributed by atoms with Crippen LogP contribution in [0.4, 0.5) is 0 Å². The average molecular weight is 327 g/mol. The molecule has 1 saturated heterocycles. The number of aromatic nitrogens is 2. The highest BCUT2D eigenvalue weighted by molar-refractivity contribution is 5.54. The van der Waals surface area contributed by atoms with Gasteiger partial charge in [-0.05, 0) is 24.8 Å². The van der Waals surface area contributed by atoms with Crippen molar-refractivity contribution in [2.45, 2.75) is 57.1 Å². The fourth-order valence-corrected chi connectivity index (χ4v) is 3.84. The molecular weight excluding hydrogens is 302 g/mol. The number of aliphatic hydroxyl groups excluding tert-OH is 1. The Labute approximate surface area is 142 Å². The summed E-state index contributed by atoms with van der Waals surface area (Å²) >= 11 is 0. The van der Waals surface area contributed by atoms with Crippen molar-refractivity contribution < 1.29 is 9.63 Å². The number of hydrogen-bond acceptors (Lipinski definition) is 5. The minimum atomic E-state index is -0.165. The number of likely N-dealkylation sites (tertiary alicyclic amines) is 1. The van der Waals surface area contributed by atoms with Gasteiger partial charge in [0.15, 0.2) is 0 Å². The first-order valence-electron chi connectivity index (χ1n) is 9.11. The van der Waals surface area contributed by atoms with Gasteiger partial charge in [0.1, 0.15) is 0 Å². The molecule has 1 atom stereocenters. The second-order valence-electron chi connectivity index (χ2n) is 7.17. The summed E-state index contributed by atoms with van der Waals surface area (Å²) in [7, 11) is 0. The van der Waals surface area contributed by atoms with E-state index in [0.717, 1.165) is 37.5 Å². The SMILES string of the molecule is O[C@H]1CCN(Cc2ccc(-c3noc(C4CCCCC4)n3)cc2)C1.